The van der Waals surface area contributed by atoms with Crippen LogP contribution in [0.2, 0.25) is 0 Å². The Morgan fingerprint density at radius 3 is 1.51 bits per heavy atom. The largest absolute Gasteiger partial charge is 0.455 e. The molecule has 0 amide bonds. The predicted octanol–water partition coefficient (Wildman–Crippen LogP) is 12.6. The van der Waals surface area contributed by atoms with Crippen LogP contribution in [-0.4, -0.2) is 0 Å². The third-order valence-corrected chi connectivity index (χ3v) is 7.68. The number of furan rings is 1. The second-order valence-corrected chi connectivity index (χ2v) is 10.1. The predicted molar refractivity (Wildman–Crippen MR) is 190 cm³/mol. The molecule has 0 aliphatic heterocycles. The number of hydrogen-bond acceptors (Lipinski definition) is 1. The highest BCUT2D eigenvalue weighted by Crippen LogP contribution is 2.48. The molecule has 0 bridgehead atoms. The van der Waals surface area contributed by atoms with E-state index in [2.05, 4.69) is 0 Å². The maximum Gasteiger partial charge on any atom is 0.143 e. The smallest absolute Gasteiger partial charge is 0.143 e. The van der Waals surface area contributed by atoms with Crippen molar-refractivity contribution in [3.8, 4) is 44.5 Å². The van der Waals surface area contributed by atoms with Gasteiger partial charge in [-0.25, -0.2) is 0 Å². The normalized spacial score (nSPS) is 17.8. The summed E-state index contributed by atoms with van der Waals surface area (Å²) >= 11 is 0. The van der Waals surface area contributed by atoms with Crippen molar-refractivity contribution in [3.63, 3.8) is 0 Å². The quantitative estimate of drug-likeness (QED) is 0.185. The lowest BCUT2D eigenvalue weighted by molar-refractivity contribution is 0.670. The van der Waals surface area contributed by atoms with E-state index in [1.807, 2.05) is 0 Å². The van der Waals surface area contributed by atoms with E-state index < -0.39 is 143 Å². The Bertz CT molecular complexity index is 3520. The summed E-state index contributed by atoms with van der Waals surface area (Å²) in [6.45, 7) is 0. The molecular weight excluding hydrogens is 544 g/mol. The lowest BCUT2D eigenvalue weighted by Crippen LogP contribution is -1.92. The van der Waals surface area contributed by atoms with Gasteiger partial charge in [0.15, 0.2) is 0 Å². The first kappa shape index (κ1) is 12.6. The zero-order valence-corrected chi connectivity index (χ0v) is 23.0. The van der Waals surface area contributed by atoms with Gasteiger partial charge in [0.2, 0.25) is 0 Å². The average molecular weight is 593 g/mol. The highest BCUT2D eigenvalue weighted by molar-refractivity contribution is 6.26. The molecule has 0 N–H and O–H groups in total. The Kier molecular flexibility index (Phi) is 2.90. The van der Waals surface area contributed by atoms with Crippen molar-refractivity contribution < 1.29 is 31.8 Å². The summed E-state index contributed by atoms with van der Waals surface area (Å²) in [5.74, 6) is 0. The van der Waals surface area contributed by atoms with Crippen LogP contribution in [0.1, 0.15) is 27.4 Å². The van der Waals surface area contributed by atoms with Crippen LogP contribution in [0.4, 0.5) is 0 Å². The van der Waals surface area contributed by atoms with Crippen molar-refractivity contribution in [1.29, 1.82) is 0 Å². The Balaban J connectivity index is 1.48. The van der Waals surface area contributed by atoms with Crippen LogP contribution < -0.4 is 0 Å². The van der Waals surface area contributed by atoms with Crippen molar-refractivity contribution in [3.05, 3.63) is 169 Å². The third-order valence-electron chi connectivity index (χ3n) is 7.68. The minimum Gasteiger partial charge on any atom is -0.455 e. The Labute approximate surface area is 289 Å². The number of hydrogen-bond donors (Lipinski definition) is 0. The summed E-state index contributed by atoms with van der Waals surface area (Å²) in [4.78, 5) is 0. The molecule has 1 nitrogen and oxygen atoms in total. The summed E-state index contributed by atoms with van der Waals surface area (Å²) in [6, 6.07) is -0.528. The van der Waals surface area contributed by atoms with Gasteiger partial charge in [0.25, 0.3) is 0 Å². The van der Waals surface area contributed by atoms with E-state index in [0.717, 1.165) is 0 Å². The topological polar surface area (TPSA) is 13.1 Å². The van der Waals surface area contributed by atoms with Gasteiger partial charge in [-0.3, -0.25) is 0 Å². The summed E-state index contributed by atoms with van der Waals surface area (Å²) in [5, 5.41) is 0.829. The van der Waals surface area contributed by atoms with Gasteiger partial charge in [-0.05, 0) is 72.6 Å². The van der Waals surface area contributed by atoms with Crippen LogP contribution >= 0.6 is 0 Å². The molecule has 0 unspecified atom stereocenters. The van der Waals surface area contributed by atoms with E-state index in [0.29, 0.717) is 21.5 Å². The molecule has 0 saturated carbocycles. The Morgan fingerprint density at radius 1 is 0.378 bits per heavy atom. The van der Waals surface area contributed by atoms with Crippen LogP contribution in [0, 0.1) is 0 Å². The van der Waals surface area contributed by atoms with Crippen LogP contribution in [0.25, 0.3) is 88.0 Å². The summed E-state index contributed by atoms with van der Waals surface area (Å²) in [5.41, 5.74) is -2.63. The monoisotopic (exact) mass is 592 g/mol. The lowest BCUT2D eigenvalue weighted by Gasteiger charge is -2.19. The van der Waals surface area contributed by atoms with Gasteiger partial charge in [0.1, 0.15) is 11.2 Å². The molecule has 210 valence electrons. The molecule has 0 aliphatic rings. The summed E-state index contributed by atoms with van der Waals surface area (Å²) in [7, 11) is 0. The molecule has 0 radical (unpaired) electrons. The second-order valence-electron chi connectivity index (χ2n) is 10.1. The molecule has 1 heterocycles. The van der Waals surface area contributed by atoms with Crippen molar-refractivity contribution in [2.75, 3.05) is 0 Å². The van der Waals surface area contributed by atoms with Crippen LogP contribution in [-0.2, 0) is 0 Å². The molecule has 0 saturated heterocycles. The van der Waals surface area contributed by atoms with E-state index in [-0.39, 0.29) is 44.2 Å². The first-order valence-corrected chi connectivity index (χ1v) is 13.8. The molecule has 1 heteroatoms. The van der Waals surface area contributed by atoms with Gasteiger partial charge < -0.3 is 4.42 Å². The standard InChI is InChI=1S/C44H28O/c1-3-13-29(14-4-1)30-23-25-32(26-24-30)41-34-17-7-9-19-36(34)42(37-20-10-8-18-35(37)41)39-28-27-33(31-15-5-2-6-16-31)44-43(39)38-21-11-12-22-40(38)45-44/h1-28H/i1D,2D,3D,4D,5D,6D,11D,12D,13D,14D,15D,16D,21D,22D,23D,24D,25D,26D,27D,28D. The van der Waals surface area contributed by atoms with Crippen LogP contribution in [0.15, 0.2) is 174 Å². The maximum absolute atomic E-state index is 9.75. The zero-order valence-electron chi connectivity index (χ0n) is 43.0. The minimum atomic E-state index is -0.743. The van der Waals surface area contributed by atoms with Crippen molar-refractivity contribution in [2.24, 2.45) is 0 Å². The SMILES string of the molecule is [2H]c1c([2H])c([2H])c(-c2c([2H])c([2H])c(-c3c4ccccc4c(-c4c([2H])c([2H])c(-c5c([2H])c([2H])c([2H])c([2H])c5[2H])c5oc6c([2H])c([2H])c([2H])c([2H])c6c45)c4ccccc34)c([2H])c2[2H])c([2H])c1[2H]. The zero-order chi connectivity index (χ0) is 47.1. The van der Waals surface area contributed by atoms with Crippen LogP contribution in [0.5, 0.6) is 0 Å². The third kappa shape index (κ3) is 4.09. The second kappa shape index (κ2) is 10.4. The van der Waals surface area contributed by atoms with Gasteiger partial charge in [0, 0.05) is 16.3 Å². The van der Waals surface area contributed by atoms with Crippen molar-refractivity contribution in [1.82, 2.24) is 0 Å². The minimum absolute atomic E-state index is 0.0973. The first-order valence-electron chi connectivity index (χ1n) is 23.8. The fourth-order valence-electron chi connectivity index (χ4n) is 5.82. The van der Waals surface area contributed by atoms with Crippen LogP contribution in [0.3, 0.4) is 0 Å². The summed E-state index contributed by atoms with van der Waals surface area (Å²) < 4.78 is 182. The number of benzene rings is 8. The molecule has 1 aromatic heterocycles. The van der Waals surface area contributed by atoms with Gasteiger partial charge in [0.05, 0.1) is 27.4 Å². The molecule has 8 aromatic carbocycles. The Hall–Kier alpha value is -5.92. The summed E-state index contributed by atoms with van der Waals surface area (Å²) in [6.07, 6.45) is 0. The molecule has 9 aromatic rings. The molecule has 0 aliphatic carbocycles. The molecule has 0 fully saturated rings. The molecule has 45 heavy (non-hydrogen) atoms. The average Bonchev–Trinajstić information content (AvgIpc) is 3.69. The van der Waals surface area contributed by atoms with Gasteiger partial charge >= 0.3 is 0 Å². The first-order chi connectivity index (χ1) is 30.7. The number of rotatable bonds is 4. The van der Waals surface area contributed by atoms with Crippen molar-refractivity contribution in [2.45, 2.75) is 0 Å². The fourth-order valence-corrected chi connectivity index (χ4v) is 5.82. The number of fused-ring (bicyclic) bond motifs is 5. The van der Waals surface area contributed by atoms with E-state index in [4.69, 9.17) is 26.3 Å². The van der Waals surface area contributed by atoms with E-state index >= 15 is 0 Å². The molecular formula is C44H28O. The van der Waals surface area contributed by atoms with Gasteiger partial charge in [-0.1, -0.05) is 157 Å². The molecule has 9 rings (SSSR count). The molecule has 0 atom stereocenters. The van der Waals surface area contributed by atoms with Crippen molar-refractivity contribution >= 4 is 43.5 Å². The maximum atomic E-state index is 9.75. The highest BCUT2D eigenvalue weighted by atomic mass is 16.3. The highest BCUT2D eigenvalue weighted by Gasteiger charge is 2.22. The molecule has 0 spiro atoms. The Morgan fingerprint density at radius 2 is 0.867 bits per heavy atom. The number of para-hydroxylation sites is 1. The van der Waals surface area contributed by atoms with E-state index in [1.54, 1.807) is 48.5 Å². The van der Waals surface area contributed by atoms with Gasteiger partial charge in [-0.15, -0.1) is 0 Å². The van der Waals surface area contributed by atoms with E-state index in [1.165, 1.54) is 0 Å². The van der Waals surface area contributed by atoms with Gasteiger partial charge in [-0.2, -0.15) is 0 Å². The lowest BCUT2D eigenvalue weighted by atomic mass is 9.84. The van der Waals surface area contributed by atoms with E-state index in [9.17, 15) is 5.48 Å². The fraction of sp³-hybridized carbons (Fsp3) is 0.